The molecule has 5 aliphatic rings. The lowest BCUT2D eigenvalue weighted by Crippen LogP contribution is -2.58. The van der Waals surface area contributed by atoms with Crippen molar-refractivity contribution >= 4 is 11.6 Å². The molecule has 5 heteroatoms. The Morgan fingerprint density at radius 2 is 1.97 bits per heavy atom. The number of ketones is 2. The van der Waals surface area contributed by atoms with Crippen molar-refractivity contribution in [1.29, 1.82) is 0 Å². The molecule has 1 aliphatic heterocycles. The van der Waals surface area contributed by atoms with Crippen molar-refractivity contribution in [3.05, 3.63) is 30.1 Å². The first kappa shape index (κ1) is 25.7. The number of rotatable bonds is 6. The van der Waals surface area contributed by atoms with Crippen LogP contribution in [0.15, 0.2) is 24.4 Å². The third kappa shape index (κ3) is 4.62. The van der Waals surface area contributed by atoms with E-state index in [9.17, 15) is 9.59 Å². The quantitative estimate of drug-likeness (QED) is 0.421. The zero-order valence-corrected chi connectivity index (χ0v) is 22.8. The number of carbonyl (C=O) groups is 2. The molecule has 0 bridgehead atoms. The van der Waals surface area contributed by atoms with Gasteiger partial charge in [0.1, 0.15) is 11.6 Å². The average Bonchev–Trinajstić information content (AvgIpc) is 3.25. The lowest BCUT2D eigenvalue weighted by Gasteiger charge is -2.60. The van der Waals surface area contributed by atoms with E-state index in [4.69, 9.17) is 9.47 Å². The van der Waals surface area contributed by atoms with Gasteiger partial charge >= 0.3 is 0 Å². The molecule has 0 spiro atoms. The third-order valence-electron chi connectivity index (χ3n) is 11.5. The highest BCUT2D eigenvalue weighted by molar-refractivity contribution is 5.87. The van der Waals surface area contributed by atoms with Gasteiger partial charge in [0, 0.05) is 43.2 Å². The van der Waals surface area contributed by atoms with Gasteiger partial charge in [-0.1, -0.05) is 19.9 Å². The molecule has 6 rings (SSSR count). The van der Waals surface area contributed by atoms with E-state index in [0.29, 0.717) is 48.6 Å². The van der Waals surface area contributed by atoms with Crippen LogP contribution in [0.25, 0.3) is 0 Å². The van der Waals surface area contributed by atoms with Gasteiger partial charge in [0.2, 0.25) is 0 Å². The molecular formula is C32H45NO4. The molecule has 9 atom stereocenters. The van der Waals surface area contributed by atoms with Crippen LogP contribution in [0.1, 0.15) is 96.6 Å². The molecule has 5 nitrogen and oxygen atoms in total. The van der Waals surface area contributed by atoms with Crippen LogP contribution in [0.3, 0.4) is 0 Å². The molecule has 4 saturated carbocycles. The molecule has 0 radical (unpaired) electrons. The van der Waals surface area contributed by atoms with Crippen molar-refractivity contribution < 1.29 is 19.1 Å². The number of nitrogens with zero attached hydrogens (tertiary/aromatic N) is 1. The Morgan fingerprint density at radius 3 is 2.76 bits per heavy atom. The summed E-state index contributed by atoms with van der Waals surface area (Å²) in [5.41, 5.74) is 0.896. The van der Waals surface area contributed by atoms with Crippen LogP contribution in [0, 0.1) is 40.4 Å². The van der Waals surface area contributed by atoms with Crippen molar-refractivity contribution in [3.63, 3.8) is 0 Å². The molecule has 0 aromatic carbocycles. The molecular weight excluding hydrogens is 462 g/mol. The molecule has 2 heterocycles. The number of ether oxygens (including phenoxy) is 2. The van der Waals surface area contributed by atoms with E-state index < -0.39 is 0 Å². The van der Waals surface area contributed by atoms with E-state index in [1.165, 1.54) is 12.8 Å². The summed E-state index contributed by atoms with van der Waals surface area (Å²) in [6.45, 7) is 5.53. The van der Waals surface area contributed by atoms with Gasteiger partial charge in [-0.25, -0.2) is 0 Å². The molecule has 0 amide bonds. The van der Waals surface area contributed by atoms with Crippen LogP contribution in [0.2, 0.25) is 0 Å². The van der Waals surface area contributed by atoms with E-state index in [2.05, 4.69) is 18.8 Å². The summed E-state index contributed by atoms with van der Waals surface area (Å²) in [6, 6.07) is 5.90. The smallest absolute Gasteiger partial charge is 0.157 e. The predicted molar refractivity (Wildman–Crippen MR) is 142 cm³/mol. The van der Waals surface area contributed by atoms with Crippen molar-refractivity contribution in [2.75, 3.05) is 6.61 Å². The molecule has 202 valence electrons. The zero-order valence-electron chi connectivity index (χ0n) is 22.8. The van der Waals surface area contributed by atoms with Crippen LogP contribution < -0.4 is 0 Å². The highest BCUT2D eigenvalue weighted by Gasteiger charge is 2.64. The van der Waals surface area contributed by atoms with Crippen LogP contribution in [0.5, 0.6) is 0 Å². The topological polar surface area (TPSA) is 65.5 Å². The number of Topliss-reactive ketones (excluding diaryl/α,β-unsaturated/α-hetero) is 2. The lowest BCUT2D eigenvalue weighted by molar-refractivity contribution is -0.211. The molecule has 1 aromatic heterocycles. The third-order valence-corrected chi connectivity index (χ3v) is 11.5. The van der Waals surface area contributed by atoms with Crippen LogP contribution in [-0.2, 0) is 25.5 Å². The first-order valence-corrected chi connectivity index (χ1v) is 15.1. The van der Waals surface area contributed by atoms with Crippen LogP contribution in [0.4, 0.5) is 0 Å². The van der Waals surface area contributed by atoms with Crippen LogP contribution >= 0.6 is 0 Å². The summed E-state index contributed by atoms with van der Waals surface area (Å²) in [7, 11) is 0. The average molecular weight is 508 g/mol. The fraction of sp³-hybridized carbons (Fsp3) is 0.781. The van der Waals surface area contributed by atoms with E-state index in [0.717, 1.165) is 63.7 Å². The largest absolute Gasteiger partial charge is 0.353 e. The van der Waals surface area contributed by atoms with Gasteiger partial charge in [0.05, 0.1) is 6.10 Å². The zero-order chi connectivity index (χ0) is 25.6. The fourth-order valence-corrected chi connectivity index (χ4v) is 9.69. The Balaban J connectivity index is 1.13. The number of aryl methyl sites for hydroxylation is 1. The summed E-state index contributed by atoms with van der Waals surface area (Å²) < 4.78 is 12.3. The van der Waals surface area contributed by atoms with E-state index in [1.807, 2.05) is 18.2 Å². The van der Waals surface area contributed by atoms with Crippen molar-refractivity contribution in [3.8, 4) is 0 Å². The van der Waals surface area contributed by atoms with Gasteiger partial charge in [-0.05, 0) is 111 Å². The summed E-state index contributed by atoms with van der Waals surface area (Å²) in [5, 5.41) is 0. The maximum Gasteiger partial charge on any atom is 0.157 e. The second-order valence-electron chi connectivity index (χ2n) is 13.4. The second-order valence-corrected chi connectivity index (χ2v) is 13.4. The maximum atomic E-state index is 14.0. The number of carbonyl (C=O) groups excluding carboxylic acids is 2. The molecule has 1 saturated heterocycles. The van der Waals surface area contributed by atoms with Gasteiger partial charge in [-0.3, -0.25) is 14.6 Å². The molecule has 37 heavy (non-hydrogen) atoms. The Bertz CT molecular complexity index is 990. The minimum absolute atomic E-state index is 0.0243. The molecule has 5 fully saturated rings. The van der Waals surface area contributed by atoms with Gasteiger partial charge < -0.3 is 9.47 Å². The van der Waals surface area contributed by atoms with Gasteiger partial charge in [0.25, 0.3) is 0 Å². The summed E-state index contributed by atoms with van der Waals surface area (Å²) >= 11 is 0. The Hall–Kier alpha value is -1.59. The predicted octanol–water partition coefficient (Wildman–Crippen LogP) is 6.33. The first-order chi connectivity index (χ1) is 17.9. The van der Waals surface area contributed by atoms with E-state index in [1.54, 1.807) is 6.20 Å². The van der Waals surface area contributed by atoms with E-state index in [-0.39, 0.29) is 35.1 Å². The number of aromatic nitrogens is 1. The summed E-state index contributed by atoms with van der Waals surface area (Å²) in [6.07, 6.45) is 14.8. The SMILES string of the molecule is C[C@]12CC[C@@H](OC3CCCCO3)C[C@@H]1CC[C@H]1[C@@H]3CC[C@H](C(=O)CCc4ccccn4)[C@@]3(C)CC(=O)[C@@H]12. The van der Waals surface area contributed by atoms with Crippen LogP contribution in [-0.4, -0.2) is 35.6 Å². The summed E-state index contributed by atoms with van der Waals surface area (Å²) in [5.74, 6) is 2.50. The number of hydrogen-bond acceptors (Lipinski definition) is 5. The Morgan fingerprint density at radius 1 is 1.08 bits per heavy atom. The number of pyridine rings is 1. The maximum absolute atomic E-state index is 14.0. The molecule has 0 N–H and O–H groups in total. The molecule has 1 aromatic rings. The van der Waals surface area contributed by atoms with E-state index >= 15 is 0 Å². The number of hydrogen-bond donors (Lipinski definition) is 0. The monoisotopic (exact) mass is 507 g/mol. The fourth-order valence-electron chi connectivity index (χ4n) is 9.69. The summed E-state index contributed by atoms with van der Waals surface area (Å²) in [4.78, 5) is 31.9. The first-order valence-electron chi connectivity index (χ1n) is 15.1. The normalized spacial score (nSPS) is 43.5. The lowest BCUT2D eigenvalue weighted by atomic mass is 9.44. The minimum Gasteiger partial charge on any atom is -0.353 e. The van der Waals surface area contributed by atoms with Crippen molar-refractivity contribution in [2.45, 2.75) is 110 Å². The number of fused-ring (bicyclic) bond motifs is 5. The molecule has 1 unspecified atom stereocenters. The standard InChI is InChI=1S/C32H45NO4/c1-31-16-15-23(37-29-8-4-6-18-36-29)19-21(31)9-11-24-25-12-13-26(32(25,2)20-28(35)30(24)31)27(34)14-10-22-7-3-5-17-33-22/h3,5,7,17,21,23-26,29-30H,4,6,8-16,18-20H2,1-2H3/t21-,23+,24-,25-,26+,29?,30+,31-,32-/m0/s1. The van der Waals surface area contributed by atoms with Gasteiger partial charge in [-0.2, -0.15) is 0 Å². The van der Waals surface area contributed by atoms with Crippen molar-refractivity contribution in [2.24, 2.45) is 40.4 Å². The Kier molecular flexibility index (Phi) is 7.07. The minimum atomic E-state index is -0.165. The second kappa shape index (κ2) is 10.2. The highest BCUT2D eigenvalue weighted by Crippen LogP contribution is 2.66. The Labute approximate surface area is 222 Å². The van der Waals surface area contributed by atoms with Gasteiger partial charge in [-0.15, -0.1) is 0 Å². The highest BCUT2D eigenvalue weighted by atomic mass is 16.7. The van der Waals surface area contributed by atoms with Gasteiger partial charge in [0.15, 0.2) is 6.29 Å². The molecule has 4 aliphatic carbocycles. The van der Waals surface area contributed by atoms with Crippen molar-refractivity contribution in [1.82, 2.24) is 4.98 Å².